The van der Waals surface area contributed by atoms with Crippen molar-refractivity contribution < 1.29 is 42.1 Å². The van der Waals surface area contributed by atoms with Crippen molar-refractivity contribution in [3.05, 3.63) is 0 Å². The molecule has 0 aliphatic carbocycles. The van der Waals surface area contributed by atoms with Crippen LogP contribution in [-0.4, -0.2) is 74.9 Å². The molecule has 0 aliphatic rings. The van der Waals surface area contributed by atoms with Gasteiger partial charge in [0, 0.05) is 12.8 Å². The molecule has 0 bridgehead atoms. The summed E-state index contributed by atoms with van der Waals surface area (Å²) in [6, 6.07) is 0. The van der Waals surface area contributed by atoms with Gasteiger partial charge in [-0.2, -0.15) is 0 Å². The first-order chi connectivity index (χ1) is 45.5. The molecular formula is C83H167NO8P+. The minimum atomic E-state index is -4.39. The van der Waals surface area contributed by atoms with Crippen molar-refractivity contribution in [1.82, 2.24) is 0 Å². The third kappa shape index (κ3) is 79.9. The van der Waals surface area contributed by atoms with Crippen molar-refractivity contribution in [2.75, 3.05) is 47.5 Å². The second-order valence-electron chi connectivity index (χ2n) is 30.6. The molecule has 1 N–H and O–H groups in total. The lowest BCUT2D eigenvalue weighted by molar-refractivity contribution is -0.870. The summed E-state index contributed by atoms with van der Waals surface area (Å²) in [7, 11) is 1.51. The lowest BCUT2D eigenvalue weighted by atomic mass is 10.0. The average Bonchev–Trinajstić information content (AvgIpc) is 2.01. The van der Waals surface area contributed by atoms with E-state index in [1.54, 1.807) is 0 Å². The van der Waals surface area contributed by atoms with E-state index in [0.717, 1.165) is 38.5 Å². The van der Waals surface area contributed by atoms with Gasteiger partial charge in [-0.25, -0.2) is 4.57 Å². The number of rotatable bonds is 81. The molecule has 0 amide bonds. The SMILES string of the molecule is CCCCCCCCCCCCCCCCCCCCCCCCCCCCCCCCCCCCCCCCCC(=O)OC(COC(=O)CCCCCCCCCCCCCCCCCCCCCCCCCCCCCCCC)COP(=O)(O)OCC[N+](C)(C)C. The first-order valence-electron chi connectivity index (χ1n) is 42.3. The quantitative estimate of drug-likeness (QED) is 0.0278. The Kier molecular flexibility index (Phi) is 74.4. The minimum Gasteiger partial charge on any atom is -0.462 e. The highest BCUT2D eigenvalue weighted by Gasteiger charge is 2.27. The molecule has 2 unspecified atom stereocenters. The Hall–Kier alpha value is -0.990. The number of unbranched alkanes of at least 4 members (excludes halogenated alkanes) is 67. The number of quaternary nitrogens is 1. The molecule has 0 aromatic heterocycles. The van der Waals surface area contributed by atoms with E-state index in [-0.39, 0.29) is 25.6 Å². The van der Waals surface area contributed by atoms with Gasteiger partial charge in [-0.1, -0.05) is 444 Å². The maximum Gasteiger partial charge on any atom is 0.472 e. The number of phosphoric acid groups is 1. The molecule has 0 aromatic carbocycles. The van der Waals surface area contributed by atoms with Crippen LogP contribution in [0.25, 0.3) is 0 Å². The van der Waals surface area contributed by atoms with Crippen molar-refractivity contribution in [3.8, 4) is 0 Å². The fourth-order valence-electron chi connectivity index (χ4n) is 13.4. The topological polar surface area (TPSA) is 108 Å². The molecule has 9 nitrogen and oxygen atoms in total. The molecule has 0 spiro atoms. The largest absolute Gasteiger partial charge is 0.472 e. The van der Waals surface area contributed by atoms with Crippen LogP contribution in [0.3, 0.4) is 0 Å². The highest BCUT2D eigenvalue weighted by Crippen LogP contribution is 2.43. The molecule has 0 rings (SSSR count). The fraction of sp³-hybridized carbons (Fsp3) is 0.976. The van der Waals surface area contributed by atoms with Gasteiger partial charge in [0.25, 0.3) is 0 Å². The van der Waals surface area contributed by atoms with E-state index in [1.165, 1.54) is 405 Å². The summed E-state index contributed by atoms with van der Waals surface area (Å²) in [5.74, 6) is -0.763. The van der Waals surface area contributed by atoms with Crippen LogP contribution in [0.5, 0.6) is 0 Å². The number of phosphoric ester groups is 1. The van der Waals surface area contributed by atoms with E-state index in [4.69, 9.17) is 18.5 Å². The molecule has 0 aromatic rings. The predicted molar refractivity (Wildman–Crippen MR) is 405 cm³/mol. The van der Waals surface area contributed by atoms with Gasteiger partial charge < -0.3 is 18.9 Å². The molecular weight excluding hydrogens is 1170 g/mol. The van der Waals surface area contributed by atoms with Crippen LogP contribution in [0, 0.1) is 0 Å². The van der Waals surface area contributed by atoms with Gasteiger partial charge in [0.05, 0.1) is 27.7 Å². The van der Waals surface area contributed by atoms with Crippen LogP contribution >= 0.6 is 7.82 Å². The maximum atomic E-state index is 12.9. The molecule has 93 heavy (non-hydrogen) atoms. The average molecular weight is 1340 g/mol. The van der Waals surface area contributed by atoms with Gasteiger partial charge in [0.15, 0.2) is 6.10 Å². The summed E-state index contributed by atoms with van der Waals surface area (Å²) in [4.78, 5) is 36.0. The summed E-state index contributed by atoms with van der Waals surface area (Å²) >= 11 is 0. The van der Waals surface area contributed by atoms with E-state index in [1.807, 2.05) is 21.1 Å². The third-order valence-electron chi connectivity index (χ3n) is 19.9. The number of hydrogen-bond donors (Lipinski definition) is 1. The van der Waals surface area contributed by atoms with Crippen LogP contribution in [0.4, 0.5) is 0 Å². The Labute approximate surface area is 582 Å². The standard InChI is InChI=1S/C83H166NO8P/c1-6-8-10-12-14-16-18-20-22-24-26-28-30-32-34-36-38-39-40-41-42-43-44-45-46-48-50-52-54-56-58-60-62-64-66-68-70-72-74-76-83(86)92-81(80-91-93(87,88)90-78-77-84(3,4)5)79-89-82(85)75-73-71-69-67-65-63-61-59-57-55-53-51-49-47-37-35-33-31-29-27-25-23-21-19-17-15-13-11-9-7-2/h81H,6-80H2,1-5H3/p+1. The number of likely N-dealkylation sites (N-methyl/N-ethyl adjacent to an activating group) is 1. The lowest BCUT2D eigenvalue weighted by Crippen LogP contribution is -2.37. The summed E-state index contributed by atoms with van der Waals surface area (Å²) in [6.45, 7) is 4.55. The Morgan fingerprint density at radius 3 is 0.688 bits per heavy atom. The monoisotopic (exact) mass is 1340 g/mol. The molecule has 0 radical (unpaired) electrons. The zero-order valence-corrected chi connectivity index (χ0v) is 64.7. The summed E-state index contributed by atoms with van der Waals surface area (Å²) in [6.07, 6.45) is 94.3. The van der Waals surface area contributed by atoms with Crippen LogP contribution in [0.1, 0.15) is 470 Å². The lowest BCUT2D eigenvalue weighted by Gasteiger charge is -2.24. The summed E-state index contributed by atoms with van der Waals surface area (Å²) in [5, 5.41) is 0. The van der Waals surface area contributed by atoms with E-state index >= 15 is 0 Å². The Morgan fingerprint density at radius 2 is 0.484 bits per heavy atom. The van der Waals surface area contributed by atoms with Gasteiger partial charge >= 0.3 is 19.8 Å². The van der Waals surface area contributed by atoms with Crippen LogP contribution in [0.2, 0.25) is 0 Å². The Bertz CT molecular complexity index is 1520. The van der Waals surface area contributed by atoms with Crippen molar-refractivity contribution in [1.29, 1.82) is 0 Å². The summed E-state index contributed by atoms with van der Waals surface area (Å²) < 4.78 is 34.9. The number of nitrogens with zero attached hydrogens (tertiary/aromatic N) is 1. The zero-order chi connectivity index (χ0) is 67.6. The Balaban J connectivity index is 3.84. The molecule has 0 saturated carbocycles. The van der Waals surface area contributed by atoms with Crippen molar-refractivity contribution in [3.63, 3.8) is 0 Å². The van der Waals surface area contributed by atoms with Gasteiger partial charge in [-0.15, -0.1) is 0 Å². The van der Waals surface area contributed by atoms with Gasteiger partial charge in [-0.05, 0) is 12.8 Å². The highest BCUT2D eigenvalue weighted by molar-refractivity contribution is 7.47. The van der Waals surface area contributed by atoms with Crippen LogP contribution < -0.4 is 0 Å². The molecule has 0 heterocycles. The summed E-state index contributed by atoms with van der Waals surface area (Å²) in [5.41, 5.74) is 0. The normalized spacial score (nSPS) is 12.9. The van der Waals surface area contributed by atoms with Gasteiger partial charge in [0.1, 0.15) is 19.8 Å². The van der Waals surface area contributed by atoms with Crippen LogP contribution in [-0.2, 0) is 32.7 Å². The molecule has 556 valence electrons. The number of carbonyl (C=O) groups excluding carboxylic acids is 2. The molecule has 0 saturated heterocycles. The predicted octanol–water partition coefficient (Wildman–Crippen LogP) is 28.0. The van der Waals surface area contributed by atoms with Gasteiger partial charge in [-0.3, -0.25) is 18.6 Å². The van der Waals surface area contributed by atoms with E-state index < -0.39 is 26.5 Å². The first-order valence-corrected chi connectivity index (χ1v) is 43.8. The second-order valence-corrected chi connectivity index (χ2v) is 32.0. The Morgan fingerprint density at radius 1 is 0.290 bits per heavy atom. The molecule has 2 atom stereocenters. The van der Waals surface area contributed by atoms with Gasteiger partial charge in [0.2, 0.25) is 0 Å². The maximum absolute atomic E-state index is 12.9. The molecule has 0 aliphatic heterocycles. The molecule has 10 heteroatoms. The van der Waals surface area contributed by atoms with E-state index in [0.29, 0.717) is 17.4 Å². The van der Waals surface area contributed by atoms with E-state index in [2.05, 4.69) is 13.8 Å². The highest BCUT2D eigenvalue weighted by atomic mass is 31.2. The van der Waals surface area contributed by atoms with Crippen molar-refractivity contribution >= 4 is 19.8 Å². The second kappa shape index (κ2) is 75.2. The fourth-order valence-corrected chi connectivity index (χ4v) is 14.2. The van der Waals surface area contributed by atoms with Crippen LogP contribution in [0.15, 0.2) is 0 Å². The number of ether oxygens (including phenoxy) is 2. The third-order valence-corrected chi connectivity index (χ3v) is 20.9. The van der Waals surface area contributed by atoms with E-state index in [9.17, 15) is 19.0 Å². The minimum absolute atomic E-state index is 0.0379. The van der Waals surface area contributed by atoms with Crippen molar-refractivity contribution in [2.24, 2.45) is 0 Å². The van der Waals surface area contributed by atoms with Crippen molar-refractivity contribution in [2.45, 2.75) is 476 Å². The smallest absolute Gasteiger partial charge is 0.462 e. The number of hydrogen-bond acceptors (Lipinski definition) is 7. The number of esters is 2. The number of carbonyl (C=O) groups is 2. The molecule has 0 fully saturated rings. The zero-order valence-electron chi connectivity index (χ0n) is 63.8. The first kappa shape index (κ1) is 92.0.